The topological polar surface area (TPSA) is 164 Å². The first-order chi connectivity index (χ1) is 18.9. The van der Waals surface area contributed by atoms with Gasteiger partial charge in [0.05, 0.1) is 17.2 Å². The number of nitrogens with zero attached hydrogens (tertiary/aromatic N) is 4. The molecule has 0 amide bonds. The lowest BCUT2D eigenvalue weighted by atomic mass is 9.75. The number of nitrogens with one attached hydrogen (secondary N) is 2. The van der Waals surface area contributed by atoms with E-state index < -0.39 is 0 Å². The summed E-state index contributed by atoms with van der Waals surface area (Å²) in [5.74, 6) is 5.64. The molecule has 0 radical (unpaired) electrons. The number of aryl methyl sites for hydroxylation is 1. The SMILES string of the molecule is C=NN.CC(CCN)NC1CCCCC1.Cc1cnc(N)cc1-c1cccc(NCC2(C#N)CCCCC2)n1. The molecule has 39 heavy (non-hydrogen) atoms. The molecule has 9 nitrogen and oxygen atoms in total. The van der Waals surface area contributed by atoms with E-state index in [1.165, 1.54) is 38.5 Å². The van der Waals surface area contributed by atoms with Crippen molar-refractivity contribution in [3.8, 4) is 17.3 Å². The second-order valence-electron chi connectivity index (χ2n) is 10.8. The third kappa shape index (κ3) is 11.2. The van der Waals surface area contributed by atoms with Gasteiger partial charge in [-0.15, -0.1) is 0 Å². The summed E-state index contributed by atoms with van der Waals surface area (Å²) in [4.78, 5) is 8.79. The van der Waals surface area contributed by atoms with Gasteiger partial charge in [0, 0.05) is 37.1 Å². The molecule has 2 saturated carbocycles. The van der Waals surface area contributed by atoms with E-state index in [1.807, 2.05) is 31.2 Å². The monoisotopic (exact) mass is 535 g/mol. The molecule has 9 heteroatoms. The lowest BCUT2D eigenvalue weighted by Crippen LogP contribution is -2.38. The Kier molecular flexibility index (Phi) is 14.3. The van der Waals surface area contributed by atoms with Crippen molar-refractivity contribution in [2.75, 3.05) is 24.1 Å². The van der Waals surface area contributed by atoms with Crippen LogP contribution in [0.3, 0.4) is 0 Å². The van der Waals surface area contributed by atoms with Gasteiger partial charge in [0.15, 0.2) is 0 Å². The summed E-state index contributed by atoms with van der Waals surface area (Å²) < 4.78 is 0. The maximum Gasteiger partial charge on any atom is 0.126 e. The molecule has 4 rings (SSSR count). The zero-order valence-corrected chi connectivity index (χ0v) is 24.0. The average Bonchev–Trinajstić information content (AvgIpc) is 2.95. The summed E-state index contributed by atoms with van der Waals surface area (Å²) in [6.07, 6.45) is 15.3. The number of pyridine rings is 2. The van der Waals surface area contributed by atoms with Gasteiger partial charge in [-0.1, -0.05) is 44.6 Å². The molecule has 2 aliphatic rings. The van der Waals surface area contributed by atoms with E-state index >= 15 is 0 Å². The Bertz CT molecular complexity index is 1020. The van der Waals surface area contributed by atoms with E-state index in [2.05, 4.69) is 46.3 Å². The lowest BCUT2D eigenvalue weighted by Gasteiger charge is -2.30. The van der Waals surface area contributed by atoms with Crippen LogP contribution in [-0.4, -0.2) is 41.9 Å². The maximum atomic E-state index is 9.59. The van der Waals surface area contributed by atoms with Gasteiger partial charge in [0.2, 0.25) is 0 Å². The van der Waals surface area contributed by atoms with Crippen molar-refractivity contribution in [1.82, 2.24) is 15.3 Å². The summed E-state index contributed by atoms with van der Waals surface area (Å²) in [5.41, 5.74) is 13.9. The first-order valence-corrected chi connectivity index (χ1v) is 14.3. The van der Waals surface area contributed by atoms with Crippen LogP contribution in [-0.2, 0) is 0 Å². The minimum absolute atomic E-state index is 0.257. The number of hydrazone groups is 1. The number of nitrogen functional groups attached to an aromatic ring is 1. The van der Waals surface area contributed by atoms with Crippen molar-refractivity contribution < 1.29 is 0 Å². The molecule has 0 aliphatic heterocycles. The lowest BCUT2D eigenvalue weighted by molar-refractivity contribution is 0.284. The molecular weight excluding hydrogens is 486 g/mol. The van der Waals surface area contributed by atoms with Gasteiger partial charge >= 0.3 is 0 Å². The minimum Gasteiger partial charge on any atom is -0.384 e. The largest absolute Gasteiger partial charge is 0.384 e. The van der Waals surface area contributed by atoms with Crippen molar-refractivity contribution in [2.45, 2.75) is 96.6 Å². The van der Waals surface area contributed by atoms with Crippen LogP contribution in [0.15, 0.2) is 35.6 Å². The summed E-state index contributed by atoms with van der Waals surface area (Å²) in [5, 5.41) is 19.3. The highest BCUT2D eigenvalue weighted by atomic mass is 15.1. The predicted molar refractivity (Wildman–Crippen MR) is 163 cm³/mol. The Hall–Kier alpha value is -3.22. The predicted octanol–water partition coefficient (Wildman–Crippen LogP) is 5.13. The van der Waals surface area contributed by atoms with Crippen molar-refractivity contribution in [3.63, 3.8) is 0 Å². The summed E-state index contributed by atoms with van der Waals surface area (Å²) >= 11 is 0. The van der Waals surface area contributed by atoms with Gasteiger partial charge in [0.1, 0.15) is 11.6 Å². The summed E-state index contributed by atoms with van der Waals surface area (Å²) in [6, 6.07) is 11.6. The minimum atomic E-state index is -0.257. The summed E-state index contributed by atoms with van der Waals surface area (Å²) in [6.45, 7) is 8.58. The third-order valence-corrected chi connectivity index (χ3v) is 7.53. The molecule has 2 fully saturated rings. The van der Waals surface area contributed by atoms with E-state index in [0.717, 1.165) is 67.3 Å². The normalized spacial score (nSPS) is 17.3. The van der Waals surface area contributed by atoms with Crippen LogP contribution in [0.25, 0.3) is 11.3 Å². The number of aromatic nitrogens is 2. The van der Waals surface area contributed by atoms with Crippen LogP contribution in [0.5, 0.6) is 0 Å². The molecule has 214 valence electrons. The smallest absolute Gasteiger partial charge is 0.126 e. The van der Waals surface area contributed by atoms with Crippen LogP contribution < -0.4 is 27.9 Å². The molecule has 2 heterocycles. The van der Waals surface area contributed by atoms with Gasteiger partial charge in [-0.25, -0.2) is 9.97 Å². The second kappa shape index (κ2) is 17.4. The van der Waals surface area contributed by atoms with Crippen LogP contribution in [0.1, 0.15) is 83.1 Å². The van der Waals surface area contributed by atoms with E-state index in [9.17, 15) is 5.26 Å². The molecule has 2 aromatic heterocycles. The number of hydrogen-bond donors (Lipinski definition) is 5. The van der Waals surface area contributed by atoms with Crippen LogP contribution >= 0.6 is 0 Å². The number of anilines is 2. The van der Waals surface area contributed by atoms with Gasteiger partial charge in [-0.2, -0.15) is 10.4 Å². The van der Waals surface area contributed by atoms with Gasteiger partial charge in [-0.3, -0.25) is 0 Å². The number of rotatable bonds is 8. The van der Waals surface area contributed by atoms with Crippen LogP contribution in [0, 0.1) is 23.7 Å². The highest BCUT2D eigenvalue weighted by Crippen LogP contribution is 2.36. The Balaban J connectivity index is 0.000000298. The molecule has 0 aromatic carbocycles. The van der Waals surface area contributed by atoms with Crippen molar-refractivity contribution in [3.05, 3.63) is 36.0 Å². The van der Waals surface area contributed by atoms with Crippen LogP contribution in [0.2, 0.25) is 0 Å². The third-order valence-electron chi connectivity index (χ3n) is 7.53. The van der Waals surface area contributed by atoms with Gasteiger partial charge in [-0.05, 0) is 76.3 Å². The molecule has 0 saturated heterocycles. The second-order valence-corrected chi connectivity index (χ2v) is 10.8. The average molecular weight is 536 g/mol. The molecule has 0 spiro atoms. The molecule has 2 aromatic rings. The maximum absolute atomic E-state index is 9.59. The van der Waals surface area contributed by atoms with E-state index in [1.54, 1.807) is 6.20 Å². The number of nitrogens with two attached hydrogens (primary N) is 3. The highest BCUT2D eigenvalue weighted by Gasteiger charge is 2.31. The molecule has 2 aliphatic carbocycles. The van der Waals surface area contributed by atoms with Crippen molar-refractivity contribution in [1.29, 1.82) is 5.26 Å². The molecule has 1 atom stereocenters. The zero-order valence-electron chi connectivity index (χ0n) is 24.0. The fourth-order valence-electron chi connectivity index (χ4n) is 5.32. The molecule has 8 N–H and O–H groups in total. The first kappa shape index (κ1) is 32.0. The quantitative estimate of drug-likeness (QED) is 0.176. The van der Waals surface area contributed by atoms with Crippen LogP contribution in [0.4, 0.5) is 11.6 Å². The molecule has 1 unspecified atom stereocenters. The number of hydrogen-bond acceptors (Lipinski definition) is 9. The Morgan fingerprint density at radius 2 is 1.85 bits per heavy atom. The van der Waals surface area contributed by atoms with Gasteiger partial charge in [0.25, 0.3) is 0 Å². The van der Waals surface area contributed by atoms with E-state index in [4.69, 9.17) is 16.5 Å². The highest BCUT2D eigenvalue weighted by molar-refractivity contribution is 5.67. The Labute approximate surface area is 235 Å². The molecule has 0 bridgehead atoms. The molecular formula is C30H49N9. The fourth-order valence-corrected chi connectivity index (χ4v) is 5.32. The zero-order chi connectivity index (χ0) is 28.5. The van der Waals surface area contributed by atoms with E-state index in [0.29, 0.717) is 18.4 Å². The first-order valence-electron chi connectivity index (χ1n) is 14.3. The summed E-state index contributed by atoms with van der Waals surface area (Å²) in [7, 11) is 0. The van der Waals surface area contributed by atoms with E-state index in [-0.39, 0.29) is 5.41 Å². The Morgan fingerprint density at radius 1 is 1.18 bits per heavy atom. The Morgan fingerprint density at radius 3 is 2.49 bits per heavy atom. The van der Waals surface area contributed by atoms with Gasteiger partial charge < -0.3 is 27.9 Å². The van der Waals surface area contributed by atoms with Crippen molar-refractivity contribution in [2.24, 2.45) is 22.1 Å². The standard InChI is InChI=1S/C19H23N5.C10H22N2.CH4N2/c1-14-11-22-17(21)10-15(14)16-6-5-7-18(24-16)23-13-19(12-20)8-3-2-4-9-19;1-9(7-8-11)12-10-5-3-2-4-6-10;1-3-2/h5-7,10-11H,2-4,8-9,13H2,1H3,(H2,21,22)(H,23,24);9-10,12H,2-8,11H2,1H3;1-2H2. The fraction of sp³-hybridized carbons (Fsp3) is 0.600. The van der Waals surface area contributed by atoms with Crippen molar-refractivity contribution >= 4 is 18.4 Å². The number of nitriles is 1.